The maximum Gasteiger partial charge on any atom is 0.340 e. The summed E-state index contributed by atoms with van der Waals surface area (Å²) in [7, 11) is 0. The molecule has 1 saturated carbocycles. The molecule has 124 valence electrons. The van der Waals surface area contributed by atoms with Gasteiger partial charge in [-0.15, -0.1) is 0 Å². The van der Waals surface area contributed by atoms with Crippen molar-refractivity contribution in [1.82, 2.24) is 14.8 Å². The van der Waals surface area contributed by atoms with Crippen molar-refractivity contribution >= 4 is 17.0 Å². The summed E-state index contributed by atoms with van der Waals surface area (Å²) in [6, 6.07) is 2.09. The number of carbonyl (C=O) groups is 1. The van der Waals surface area contributed by atoms with E-state index in [-0.39, 0.29) is 12.0 Å². The molecule has 3 rings (SSSR count). The predicted octanol–water partition coefficient (Wildman–Crippen LogP) is 4.06. The SMILES string of the molecule is Cc1nc2c(cnn2C(C)C)cc1C(=O)OCC1CCCCC1. The van der Waals surface area contributed by atoms with Crippen LogP contribution in [-0.2, 0) is 4.74 Å². The number of aromatic nitrogens is 3. The van der Waals surface area contributed by atoms with E-state index >= 15 is 0 Å². The van der Waals surface area contributed by atoms with Crippen molar-refractivity contribution in [2.75, 3.05) is 6.61 Å². The molecular formula is C18H25N3O2. The van der Waals surface area contributed by atoms with Crippen LogP contribution in [0.4, 0.5) is 0 Å². The molecule has 0 saturated heterocycles. The molecule has 0 radical (unpaired) electrons. The van der Waals surface area contributed by atoms with Gasteiger partial charge in [-0.2, -0.15) is 5.10 Å². The molecule has 1 aliphatic carbocycles. The summed E-state index contributed by atoms with van der Waals surface area (Å²) in [5, 5.41) is 5.24. The van der Waals surface area contributed by atoms with Gasteiger partial charge in [0.1, 0.15) is 0 Å². The minimum Gasteiger partial charge on any atom is -0.462 e. The lowest BCUT2D eigenvalue weighted by Gasteiger charge is -2.21. The first-order valence-corrected chi connectivity index (χ1v) is 8.58. The van der Waals surface area contributed by atoms with Gasteiger partial charge in [0.15, 0.2) is 5.65 Å². The molecule has 2 heterocycles. The summed E-state index contributed by atoms with van der Waals surface area (Å²) in [4.78, 5) is 17.0. The molecular weight excluding hydrogens is 290 g/mol. The number of nitrogens with zero attached hydrogens (tertiary/aromatic N) is 3. The lowest BCUT2D eigenvalue weighted by molar-refractivity contribution is 0.0409. The zero-order chi connectivity index (χ0) is 16.4. The van der Waals surface area contributed by atoms with Gasteiger partial charge in [-0.05, 0) is 45.6 Å². The number of carbonyl (C=O) groups excluding carboxylic acids is 1. The minimum atomic E-state index is -0.264. The van der Waals surface area contributed by atoms with E-state index in [1.54, 1.807) is 6.20 Å². The van der Waals surface area contributed by atoms with E-state index in [1.807, 2.05) is 17.7 Å². The van der Waals surface area contributed by atoms with Crippen LogP contribution in [-0.4, -0.2) is 27.3 Å². The fraction of sp³-hybridized carbons (Fsp3) is 0.611. The van der Waals surface area contributed by atoms with Crippen molar-refractivity contribution < 1.29 is 9.53 Å². The highest BCUT2D eigenvalue weighted by atomic mass is 16.5. The van der Waals surface area contributed by atoms with Crippen LogP contribution in [0.3, 0.4) is 0 Å². The van der Waals surface area contributed by atoms with E-state index in [1.165, 1.54) is 32.1 Å². The molecule has 0 amide bonds. The van der Waals surface area contributed by atoms with Crippen LogP contribution in [0.2, 0.25) is 0 Å². The van der Waals surface area contributed by atoms with Crippen LogP contribution in [0.25, 0.3) is 11.0 Å². The van der Waals surface area contributed by atoms with Gasteiger partial charge >= 0.3 is 5.97 Å². The Balaban J connectivity index is 1.76. The Labute approximate surface area is 137 Å². The van der Waals surface area contributed by atoms with Crippen LogP contribution in [0.5, 0.6) is 0 Å². The zero-order valence-corrected chi connectivity index (χ0v) is 14.2. The molecule has 0 atom stereocenters. The van der Waals surface area contributed by atoms with Crippen molar-refractivity contribution in [1.29, 1.82) is 0 Å². The molecule has 1 fully saturated rings. The predicted molar refractivity (Wildman–Crippen MR) is 89.5 cm³/mol. The second-order valence-corrected chi connectivity index (χ2v) is 6.82. The lowest BCUT2D eigenvalue weighted by Crippen LogP contribution is -2.17. The number of hydrogen-bond donors (Lipinski definition) is 0. The molecule has 0 unspecified atom stereocenters. The topological polar surface area (TPSA) is 57.0 Å². The maximum absolute atomic E-state index is 12.4. The van der Waals surface area contributed by atoms with E-state index in [0.29, 0.717) is 23.8 Å². The highest BCUT2D eigenvalue weighted by Gasteiger charge is 2.19. The molecule has 0 aromatic carbocycles. The molecule has 2 aromatic heterocycles. The Hall–Kier alpha value is -1.91. The fourth-order valence-corrected chi connectivity index (χ4v) is 3.28. The van der Waals surface area contributed by atoms with E-state index in [2.05, 4.69) is 23.9 Å². The number of ether oxygens (including phenoxy) is 1. The Bertz CT molecular complexity index is 700. The fourth-order valence-electron chi connectivity index (χ4n) is 3.28. The van der Waals surface area contributed by atoms with Crippen LogP contribution in [0, 0.1) is 12.8 Å². The summed E-state index contributed by atoms with van der Waals surface area (Å²) >= 11 is 0. The van der Waals surface area contributed by atoms with Crippen molar-refractivity contribution in [3.63, 3.8) is 0 Å². The first-order chi connectivity index (χ1) is 11.1. The third-order valence-electron chi connectivity index (χ3n) is 4.64. The quantitative estimate of drug-likeness (QED) is 0.798. The average molecular weight is 315 g/mol. The Morgan fingerprint density at radius 3 is 2.78 bits per heavy atom. The van der Waals surface area contributed by atoms with Crippen molar-refractivity contribution in [2.24, 2.45) is 5.92 Å². The number of pyridine rings is 1. The average Bonchev–Trinajstić information content (AvgIpc) is 2.95. The van der Waals surface area contributed by atoms with E-state index in [4.69, 9.17) is 4.74 Å². The third-order valence-corrected chi connectivity index (χ3v) is 4.64. The van der Waals surface area contributed by atoms with Crippen LogP contribution >= 0.6 is 0 Å². The maximum atomic E-state index is 12.4. The van der Waals surface area contributed by atoms with Crippen molar-refractivity contribution in [3.05, 3.63) is 23.5 Å². The molecule has 0 aliphatic heterocycles. The van der Waals surface area contributed by atoms with Crippen LogP contribution in [0.15, 0.2) is 12.3 Å². The monoisotopic (exact) mass is 315 g/mol. The highest BCUT2D eigenvalue weighted by Crippen LogP contribution is 2.25. The summed E-state index contributed by atoms with van der Waals surface area (Å²) in [5.41, 5.74) is 2.08. The number of esters is 1. The van der Waals surface area contributed by atoms with Gasteiger partial charge in [-0.3, -0.25) is 0 Å². The van der Waals surface area contributed by atoms with Crippen LogP contribution < -0.4 is 0 Å². The van der Waals surface area contributed by atoms with Gasteiger partial charge in [-0.1, -0.05) is 19.3 Å². The number of aryl methyl sites for hydroxylation is 1. The van der Waals surface area contributed by atoms with E-state index < -0.39 is 0 Å². The summed E-state index contributed by atoms with van der Waals surface area (Å²) in [6.45, 7) is 6.52. The van der Waals surface area contributed by atoms with Gasteiger partial charge in [0, 0.05) is 11.4 Å². The molecule has 1 aliphatic rings. The van der Waals surface area contributed by atoms with E-state index in [9.17, 15) is 4.79 Å². The van der Waals surface area contributed by atoms with Gasteiger partial charge < -0.3 is 4.74 Å². The van der Waals surface area contributed by atoms with E-state index in [0.717, 1.165) is 11.0 Å². The second kappa shape index (κ2) is 6.69. The van der Waals surface area contributed by atoms with Gasteiger partial charge in [0.05, 0.1) is 24.1 Å². The molecule has 0 spiro atoms. The van der Waals surface area contributed by atoms with Gasteiger partial charge in [-0.25, -0.2) is 14.5 Å². The van der Waals surface area contributed by atoms with Gasteiger partial charge in [0.25, 0.3) is 0 Å². The second-order valence-electron chi connectivity index (χ2n) is 6.82. The Morgan fingerprint density at radius 1 is 1.35 bits per heavy atom. The van der Waals surface area contributed by atoms with Crippen molar-refractivity contribution in [3.8, 4) is 0 Å². The third kappa shape index (κ3) is 3.38. The molecule has 0 N–H and O–H groups in total. The standard InChI is InChI=1S/C18H25N3O2/c1-12(2)21-17-15(10-19-21)9-16(13(3)20-17)18(22)23-11-14-7-5-4-6-8-14/h9-10,12,14H,4-8,11H2,1-3H3. The smallest absolute Gasteiger partial charge is 0.340 e. The summed E-state index contributed by atoms with van der Waals surface area (Å²) in [5.74, 6) is 0.258. The number of hydrogen-bond acceptors (Lipinski definition) is 4. The zero-order valence-electron chi connectivity index (χ0n) is 14.2. The molecule has 0 bridgehead atoms. The number of rotatable bonds is 4. The lowest BCUT2D eigenvalue weighted by atomic mass is 9.90. The van der Waals surface area contributed by atoms with Crippen molar-refractivity contribution in [2.45, 2.75) is 58.9 Å². The highest BCUT2D eigenvalue weighted by molar-refractivity contribution is 5.94. The normalized spacial score (nSPS) is 16.2. The number of fused-ring (bicyclic) bond motifs is 1. The molecule has 23 heavy (non-hydrogen) atoms. The van der Waals surface area contributed by atoms with Crippen LogP contribution in [0.1, 0.15) is 68.0 Å². The Kier molecular flexibility index (Phi) is 4.64. The molecule has 5 heteroatoms. The molecule has 5 nitrogen and oxygen atoms in total. The summed E-state index contributed by atoms with van der Waals surface area (Å²) < 4.78 is 7.42. The Morgan fingerprint density at radius 2 is 2.09 bits per heavy atom. The summed E-state index contributed by atoms with van der Waals surface area (Å²) in [6.07, 6.45) is 7.92. The first-order valence-electron chi connectivity index (χ1n) is 8.58. The largest absolute Gasteiger partial charge is 0.462 e. The molecule has 2 aromatic rings. The minimum absolute atomic E-state index is 0.239. The first kappa shape index (κ1) is 16.0. The van der Waals surface area contributed by atoms with Gasteiger partial charge in [0.2, 0.25) is 0 Å².